The Morgan fingerprint density at radius 2 is 1.71 bits per heavy atom. The van der Waals surface area contributed by atoms with Gasteiger partial charge in [-0.15, -0.1) is 0 Å². The lowest BCUT2D eigenvalue weighted by Crippen LogP contribution is -2.18. The Bertz CT molecular complexity index is 1480. The number of carbonyl (C=O) groups is 2. The van der Waals surface area contributed by atoms with Gasteiger partial charge in [0.05, 0.1) is 46.1 Å². The monoisotopic (exact) mass is 497 g/mol. The van der Waals surface area contributed by atoms with E-state index in [4.69, 9.17) is 9.47 Å². The van der Waals surface area contributed by atoms with E-state index >= 15 is 0 Å². The normalized spacial score (nSPS) is 11.1. The SMILES string of the molecule is COC(=O)c1ccc2nc(NC(=O)c3ccccc3NS(=O)(=O)c3ccc(OC)cc3)sc2c1. The zero-order chi connectivity index (χ0) is 24.3. The summed E-state index contributed by atoms with van der Waals surface area (Å²) in [6, 6.07) is 17.0. The Kier molecular flexibility index (Phi) is 6.48. The average Bonchev–Trinajstić information content (AvgIpc) is 3.25. The molecule has 0 fully saturated rings. The van der Waals surface area contributed by atoms with Crippen molar-refractivity contribution in [3.8, 4) is 5.75 Å². The predicted molar refractivity (Wildman–Crippen MR) is 129 cm³/mol. The number of anilines is 2. The largest absolute Gasteiger partial charge is 0.497 e. The molecule has 1 heterocycles. The number of rotatable bonds is 7. The van der Waals surface area contributed by atoms with Crippen molar-refractivity contribution in [2.24, 2.45) is 0 Å². The molecule has 0 unspecified atom stereocenters. The molecule has 11 heteroatoms. The predicted octanol–water partition coefficient (Wildman–Crippen LogP) is 4.14. The van der Waals surface area contributed by atoms with Gasteiger partial charge in [-0.25, -0.2) is 18.2 Å². The maximum atomic E-state index is 13.0. The molecule has 0 aliphatic carbocycles. The van der Waals surface area contributed by atoms with Gasteiger partial charge in [-0.1, -0.05) is 23.5 Å². The third kappa shape index (κ3) is 4.85. The van der Waals surface area contributed by atoms with Crippen molar-refractivity contribution in [1.82, 2.24) is 4.98 Å². The van der Waals surface area contributed by atoms with E-state index in [0.29, 0.717) is 26.7 Å². The van der Waals surface area contributed by atoms with Gasteiger partial charge in [0, 0.05) is 0 Å². The summed E-state index contributed by atoms with van der Waals surface area (Å²) in [5, 5.41) is 2.99. The summed E-state index contributed by atoms with van der Waals surface area (Å²) in [5.41, 5.74) is 1.20. The highest BCUT2D eigenvalue weighted by Crippen LogP contribution is 2.28. The zero-order valence-corrected chi connectivity index (χ0v) is 19.7. The minimum atomic E-state index is -3.95. The van der Waals surface area contributed by atoms with Crippen molar-refractivity contribution < 1.29 is 27.5 Å². The number of methoxy groups -OCH3 is 2. The molecule has 4 aromatic rings. The first kappa shape index (κ1) is 23.2. The quantitative estimate of drug-likeness (QED) is 0.368. The van der Waals surface area contributed by atoms with E-state index < -0.39 is 21.9 Å². The van der Waals surface area contributed by atoms with Gasteiger partial charge >= 0.3 is 5.97 Å². The molecule has 0 spiro atoms. The maximum Gasteiger partial charge on any atom is 0.337 e. The molecular formula is C23H19N3O6S2. The smallest absolute Gasteiger partial charge is 0.337 e. The number of ether oxygens (including phenoxy) is 2. The molecule has 1 aromatic heterocycles. The first-order valence-electron chi connectivity index (χ1n) is 9.87. The van der Waals surface area contributed by atoms with Crippen LogP contribution in [0.5, 0.6) is 5.75 Å². The zero-order valence-electron chi connectivity index (χ0n) is 18.1. The fourth-order valence-electron chi connectivity index (χ4n) is 3.12. The molecule has 0 radical (unpaired) electrons. The standard InChI is InChI=1S/C23H19N3O6S2/c1-31-15-8-10-16(11-9-15)34(29,30)26-18-6-4-3-5-17(18)21(27)25-23-24-19-12-7-14(22(28)32-2)13-20(19)33-23/h3-13,26H,1-2H3,(H,24,25,27). The van der Waals surface area contributed by atoms with Crippen LogP contribution in [0.25, 0.3) is 10.2 Å². The summed E-state index contributed by atoms with van der Waals surface area (Å²) < 4.78 is 38.6. The van der Waals surface area contributed by atoms with Gasteiger partial charge < -0.3 is 9.47 Å². The second kappa shape index (κ2) is 9.49. The van der Waals surface area contributed by atoms with Gasteiger partial charge in [0.1, 0.15) is 5.75 Å². The molecule has 4 rings (SSSR count). The Morgan fingerprint density at radius 3 is 2.41 bits per heavy atom. The van der Waals surface area contributed by atoms with Crippen LogP contribution < -0.4 is 14.8 Å². The fraction of sp³-hybridized carbons (Fsp3) is 0.0870. The van der Waals surface area contributed by atoms with E-state index in [-0.39, 0.29) is 16.1 Å². The van der Waals surface area contributed by atoms with Crippen LogP contribution in [0.2, 0.25) is 0 Å². The summed E-state index contributed by atoms with van der Waals surface area (Å²) >= 11 is 1.18. The summed E-state index contributed by atoms with van der Waals surface area (Å²) in [5.74, 6) is -0.493. The molecule has 3 aromatic carbocycles. The number of amides is 1. The number of fused-ring (bicyclic) bond motifs is 1. The van der Waals surface area contributed by atoms with Crippen LogP contribution in [-0.4, -0.2) is 39.5 Å². The molecule has 9 nitrogen and oxygen atoms in total. The van der Waals surface area contributed by atoms with Crippen LogP contribution in [0.1, 0.15) is 20.7 Å². The van der Waals surface area contributed by atoms with Crippen LogP contribution in [-0.2, 0) is 14.8 Å². The van der Waals surface area contributed by atoms with Crippen molar-refractivity contribution in [2.45, 2.75) is 4.90 Å². The van der Waals surface area contributed by atoms with Gasteiger partial charge in [-0.2, -0.15) is 0 Å². The van der Waals surface area contributed by atoms with Crippen LogP contribution in [0.3, 0.4) is 0 Å². The fourth-order valence-corrected chi connectivity index (χ4v) is 5.10. The van der Waals surface area contributed by atoms with Gasteiger partial charge in [0.2, 0.25) is 0 Å². The maximum absolute atomic E-state index is 13.0. The first-order chi connectivity index (χ1) is 16.3. The highest BCUT2D eigenvalue weighted by molar-refractivity contribution is 7.92. The number of sulfonamides is 1. The lowest BCUT2D eigenvalue weighted by atomic mass is 10.2. The second-order valence-electron chi connectivity index (χ2n) is 6.97. The van der Waals surface area contributed by atoms with E-state index in [1.54, 1.807) is 30.3 Å². The Balaban J connectivity index is 1.57. The molecule has 0 aliphatic rings. The van der Waals surface area contributed by atoms with Gasteiger partial charge in [0.25, 0.3) is 15.9 Å². The van der Waals surface area contributed by atoms with Gasteiger partial charge in [-0.05, 0) is 54.6 Å². The Hall–Kier alpha value is -3.96. The third-order valence-corrected chi connectivity index (χ3v) is 7.13. The Morgan fingerprint density at radius 1 is 0.971 bits per heavy atom. The van der Waals surface area contributed by atoms with E-state index in [1.165, 1.54) is 62.0 Å². The highest BCUT2D eigenvalue weighted by atomic mass is 32.2. The number of nitrogens with zero attached hydrogens (tertiary/aromatic N) is 1. The molecule has 0 aliphatic heterocycles. The van der Waals surface area contributed by atoms with Crippen molar-refractivity contribution in [1.29, 1.82) is 0 Å². The van der Waals surface area contributed by atoms with Gasteiger partial charge in [-0.3, -0.25) is 14.8 Å². The second-order valence-corrected chi connectivity index (χ2v) is 9.69. The third-order valence-electron chi connectivity index (χ3n) is 4.82. The van der Waals surface area contributed by atoms with Crippen LogP contribution in [0.15, 0.2) is 71.6 Å². The Labute approximate surface area is 199 Å². The van der Waals surface area contributed by atoms with E-state index in [9.17, 15) is 18.0 Å². The molecule has 0 saturated heterocycles. The number of nitrogens with one attached hydrogen (secondary N) is 2. The number of benzene rings is 3. The summed E-state index contributed by atoms with van der Waals surface area (Å²) in [4.78, 5) is 29.1. The van der Waals surface area contributed by atoms with Crippen molar-refractivity contribution in [2.75, 3.05) is 24.3 Å². The number of carbonyl (C=O) groups excluding carboxylic acids is 2. The molecule has 0 bridgehead atoms. The van der Waals surface area contributed by atoms with Crippen molar-refractivity contribution in [3.05, 3.63) is 77.9 Å². The van der Waals surface area contributed by atoms with Crippen molar-refractivity contribution >= 4 is 54.3 Å². The topological polar surface area (TPSA) is 124 Å². The van der Waals surface area contributed by atoms with E-state index in [1.807, 2.05) is 0 Å². The summed E-state index contributed by atoms with van der Waals surface area (Å²) in [6.45, 7) is 0. The first-order valence-corrected chi connectivity index (χ1v) is 12.2. The molecule has 1 amide bonds. The van der Waals surface area contributed by atoms with E-state index in [0.717, 1.165) is 0 Å². The molecular weight excluding hydrogens is 478 g/mol. The van der Waals surface area contributed by atoms with E-state index in [2.05, 4.69) is 15.0 Å². The number of para-hydroxylation sites is 1. The molecule has 0 saturated carbocycles. The highest BCUT2D eigenvalue weighted by Gasteiger charge is 2.20. The summed E-state index contributed by atoms with van der Waals surface area (Å²) in [6.07, 6.45) is 0. The lowest BCUT2D eigenvalue weighted by Gasteiger charge is -2.12. The number of hydrogen-bond acceptors (Lipinski definition) is 8. The van der Waals surface area contributed by atoms with Gasteiger partial charge in [0.15, 0.2) is 5.13 Å². The average molecular weight is 498 g/mol. The molecule has 2 N–H and O–H groups in total. The van der Waals surface area contributed by atoms with Crippen LogP contribution >= 0.6 is 11.3 Å². The summed E-state index contributed by atoms with van der Waals surface area (Å²) in [7, 11) is -1.16. The lowest BCUT2D eigenvalue weighted by molar-refractivity contribution is 0.0600. The number of thiazole rings is 1. The number of hydrogen-bond donors (Lipinski definition) is 2. The number of esters is 1. The molecule has 0 atom stereocenters. The van der Waals surface area contributed by atoms with Crippen molar-refractivity contribution in [3.63, 3.8) is 0 Å². The van der Waals surface area contributed by atoms with Crippen LogP contribution in [0, 0.1) is 0 Å². The minimum Gasteiger partial charge on any atom is -0.497 e. The minimum absolute atomic E-state index is 0.0242. The van der Waals surface area contributed by atoms with Crippen LogP contribution in [0.4, 0.5) is 10.8 Å². The molecule has 34 heavy (non-hydrogen) atoms. The number of aromatic nitrogens is 1. The molecule has 174 valence electrons.